The smallest absolute Gasteiger partial charge is 0.326 e. The number of hydrogen-bond acceptors (Lipinski definition) is 1. The predicted molar refractivity (Wildman–Crippen MR) is 62.1 cm³/mol. The van der Waals surface area contributed by atoms with Gasteiger partial charge in [0.05, 0.1) is 5.56 Å². The molecule has 0 radical (unpaired) electrons. The first-order valence-electron chi connectivity index (χ1n) is 5.77. The zero-order valence-corrected chi connectivity index (χ0v) is 10.1. The molecule has 0 bridgehead atoms. The van der Waals surface area contributed by atoms with Crippen molar-refractivity contribution in [2.24, 2.45) is 11.8 Å². The molecule has 98 valence electrons. The molecular formula is C13H14F3NO. The van der Waals surface area contributed by atoms with Crippen molar-refractivity contribution in [3.8, 4) is 0 Å². The van der Waals surface area contributed by atoms with Crippen molar-refractivity contribution in [2.75, 3.05) is 5.32 Å². The maximum Gasteiger partial charge on any atom is 0.416 e. The number of alkyl halides is 3. The Kier molecular flexibility index (Phi) is 3.09. The first kappa shape index (κ1) is 12.9. The fourth-order valence-corrected chi connectivity index (χ4v) is 1.93. The van der Waals surface area contributed by atoms with Gasteiger partial charge in [0.15, 0.2) is 0 Å². The van der Waals surface area contributed by atoms with Crippen LogP contribution in [-0.2, 0) is 11.0 Å². The van der Waals surface area contributed by atoms with Crippen LogP contribution in [0.2, 0.25) is 0 Å². The maximum atomic E-state index is 12.7. The topological polar surface area (TPSA) is 29.1 Å². The highest BCUT2D eigenvalue weighted by atomic mass is 19.4. The van der Waals surface area contributed by atoms with Crippen LogP contribution in [0.25, 0.3) is 0 Å². The summed E-state index contributed by atoms with van der Waals surface area (Å²) in [6.07, 6.45) is -3.58. The Morgan fingerprint density at radius 2 is 2.00 bits per heavy atom. The van der Waals surface area contributed by atoms with Gasteiger partial charge in [-0.25, -0.2) is 0 Å². The van der Waals surface area contributed by atoms with Crippen molar-refractivity contribution in [3.63, 3.8) is 0 Å². The van der Waals surface area contributed by atoms with Gasteiger partial charge < -0.3 is 5.32 Å². The summed E-state index contributed by atoms with van der Waals surface area (Å²) in [4.78, 5) is 11.6. The summed E-state index contributed by atoms with van der Waals surface area (Å²) >= 11 is 0. The van der Waals surface area contributed by atoms with Gasteiger partial charge in [-0.1, -0.05) is 13.0 Å². The van der Waals surface area contributed by atoms with Crippen molar-refractivity contribution >= 4 is 11.6 Å². The quantitative estimate of drug-likeness (QED) is 0.861. The number of aryl methyl sites for hydroxylation is 1. The lowest BCUT2D eigenvalue weighted by molar-refractivity contribution is -0.138. The lowest BCUT2D eigenvalue weighted by Crippen LogP contribution is -2.15. The van der Waals surface area contributed by atoms with Gasteiger partial charge in [-0.05, 0) is 37.0 Å². The van der Waals surface area contributed by atoms with Gasteiger partial charge in [0, 0.05) is 11.6 Å². The molecule has 1 amide bonds. The van der Waals surface area contributed by atoms with E-state index in [2.05, 4.69) is 5.32 Å². The molecule has 2 rings (SSSR count). The average Bonchev–Trinajstić information content (AvgIpc) is 2.97. The fraction of sp³-hybridized carbons (Fsp3) is 0.462. The van der Waals surface area contributed by atoms with Crippen LogP contribution in [0.15, 0.2) is 18.2 Å². The van der Waals surface area contributed by atoms with Crippen molar-refractivity contribution in [3.05, 3.63) is 29.3 Å². The number of rotatable bonds is 2. The Hall–Kier alpha value is -1.52. The Morgan fingerprint density at radius 3 is 2.50 bits per heavy atom. The first-order chi connectivity index (χ1) is 8.29. The number of carbonyl (C=O) groups excluding carboxylic acids is 1. The van der Waals surface area contributed by atoms with Crippen LogP contribution in [0, 0.1) is 18.8 Å². The minimum Gasteiger partial charge on any atom is -0.326 e. The van der Waals surface area contributed by atoms with E-state index < -0.39 is 11.7 Å². The number of halogens is 3. The molecule has 0 saturated heterocycles. The van der Waals surface area contributed by atoms with Crippen molar-refractivity contribution in [2.45, 2.75) is 26.4 Å². The molecule has 2 atom stereocenters. The van der Waals surface area contributed by atoms with Crippen LogP contribution in [0.4, 0.5) is 18.9 Å². The normalized spacial score (nSPS) is 22.7. The first-order valence-corrected chi connectivity index (χ1v) is 5.77. The summed E-state index contributed by atoms with van der Waals surface area (Å²) in [5, 5.41) is 2.54. The Morgan fingerprint density at radius 1 is 1.39 bits per heavy atom. The number of nitrogens with one attached hydrogen (secondary N) is 1. The molecule has 1 aromatic carbocycles. The van der Waals surface area contributed by atoms with E-state index in [9.17, 15) is 18.0 Å². The van der Waals surface area contributed by atoms with E-state index in [0.717, 1.165) is 12.5 Å². The van der Waals surface area contributed by atoms with Crippen LogP contribution < -0.4 is 5.32 Å². The number of amides is 1. The van der Waals surface area contributed by atoms with Gasteiger partial charge in [0.25, 0.3) is 0 Å². The van der Waals surface area contributed by atoms with Crippen LogP contribution in [0.5, 0.6) is 0 Å². The van der Waals surface area contributed by atoms with Crippen LogP contribution in [0.1, 0.15) is 24.5 Å². The number of anilines is 1. The Labute approximate surface area is 103 Å². The van der Waals surface area contributed by atoms with Crippen molar-refractivity contribution in [1.29, 1.82) is 0 Å². The molecule has 0 spiro atoms. The standard InChI is InChI=1S/C13H14F3NO/c1-7-3-4-9(6-11(7)13(14,15)16)17-12(18)10-5-8(10)2/h3-4,6,8,10H,5H2,1-2H3,(H,17,18)/t8-,10-/m0/s1. The highest BCUT2D eigenvalue weighted by Crippen LogP contribution is 2.39. The molecule has 1 fully saturated rings. The van der Waals surface area contributed by atoms with Crippen molar-refractivity contribution < 1.29 is 18.0 Å². The second-order valence-corrected chi connectivity index (χ2v) is 4.84. The Balaban J connectivity index is 2.17. The number of benzene rings is 1. The summed E-state index contributed by atoms with van der Waals surface area (Å²) in [7, 11) is 0. The number of carbonyl (C=O) groups is 1. The van der Waals surface area contributed by atoms with Crippen molar-refractivity contribution in [1.82, 2.24) is 0 Å². The molecular weight excluding hydrogens is 243 g/mol. The van der Waals surface area contributed by atoms with Gasteiger partial charge in [0.1, 0.15) is 0 Å². The summed E-state index contributed by atoms with van der Waals surface area (Å²) in [5.41, 5.74) is -0.346. The summed E-state index contributed by atoms with van der Waals surface area (Å²) in [5.74, 6) is 0.0812. The zero-order valence-electron chi connectivity index (χ0n) is 10.1. The van der Waals surface area contributed by atoms with Crippen LogP contribution in [-0.4, -0.2) is 5.91 Å². The van der Waals surface area contributed by atoms with Crippen LogP contribution >= 0.6 is 0 Å². The minimum atomic E-state index is -4.39. The SMILES string of the molecule is Cc1ccc(NC(=O)[C@H]2C[C@@H]2C)cc1C(F)(F)F. The van der Waals surface area contributed by atoms with Gasteiger partial charge in [-0.2, -0.15) is 13.2 Å². The molecule has 1 aliphatic carbocycles. The summed E-state index contributed by atoms with van der Waals surface area (Å²) < 4.78 is 38.1. The molecule has 1 N–H and O–H groups in total. The largest absolute Gasteiger partial charge is 0.416 e. The molecule has 1 aromatic rings. The molecule has 1 saturated carbocycles. The second kappa shape index (κ2) is 4.30. The molecule has 0 aromatic heterocycles. The van der Waals surface area contributed by atoms with Gasteiger partial charge >= 0.3 is 6.18 Å². The predicted octanol–water partition coefficient (Wildman–Crippen LogP) is 3.61. The van der Waals surface area contributed by atoms with E-state index in [4.69, 9.17) is 0 Å². The van der Waals surface area contributed by atoms with Crippen LogP contribution in [0.3, 0.4) is 0 Å². The van der Waals surface area contributed by atoms with E-state index >= 15 is 0 Å². The highest BCUT2D eigenvalue weighted by Gasteiger charge is 2.39. The van der Waals surface area contributed by atoms with Gasteiger partial charge in [-0.15, -0.1) is 0 Å². The molecule has 5 heteroatoms. The highest BCUT2D eigenvalue weighted by molar-refractivity contribution is 5.94. The average molecular weight is 257 g/mol. The molecule has 18 heavy (non-hydrogen) atoms. The van der Waals surface area contributed by atoms with E-state index in [-0.39, 0.29) is 23.1 Å². The molecule has 1 aliphatic rings. The molecule has 0 unspecified atom stereocenters. The second-order valence-electron chi connectivity index (χ2n) is 4.84. The Bertz CT molecular complexity index is 482. The minimum absolute atomic E-state index is 0.0550. The van der Waals surface area contributed by atoms with Gasteiger partial charge in [-0.3, -0.25) is 4.79 Å². The summed E-state index contributed by atoms with van der Waals surface area (Å²) in [6, 6.07) is 3.85. The summed E-state index contributed by atoms with van der Waals surface area (Å²) in [6.45, 7) is 3.35. The third kappa shape index (κ3) is 2.66. The molecule has 0 aliphatic heterocycles. The third-order valence-corrected chi connectivity index (χ3v) is 3.26. The van der Waals surface area contributed by atoms with E-state index in [1.54, 1.807) is 0 Å². The lowest BCUT2D eigenvalue weighted by atomic mass is 10.1. The number of hydrogen-bond donors (Lipinski definition) is 1. The van der Waals surface area contributed by atoms with E-state index in [1.165, 1.54) is 19.1 Å². The zero-order chi connectivity index (χ0) is 13.5. The molecule has 0 heterocycles. The third-order valence-electron chi connectivity index (χ3n) is 3.26. The monoisotopic (exact) mass is 257 g/mol. The lowest BCUT2D eigenvalue weighted by Gasteiger charge is -2.12. The van der Waals surface area contributed by atoms with Gasteiger partial charge in [0.2, 0.25) is 5.91 Å². The molecule has 2 nitrogen and oxygen atoms in total. The fourth-order valence-electron chi connectivity index (χ4n) is 1.93. The maximum absolute atomic E-state index is 12.7. The van der Waals surface area contributed by atoms with E-state index in [1.807, 2.05) is 6.92 Å². The van der Waals surface area contributed by atoms with E-state index in [0.29, 0.717) is 5.92 Å².